The molecule has 3 nitrogen and oxygen atoms in total. The quantitative estimate of drug-likeness (QED) is 0.873. The van der Waals surface area contributed by atoms with Crippen LogP contribution < -0.4 is 5.32 Å². The third-order valence-electron chi connectivity index (χ3n) is 3.63. The lowest BCUT2D eigenvalue weighted by Gasteiger charge is -2.19. The van der Waals surface area contributed by atoms with Crippen molar-refractivity contribution in [2.75, 3.05) is 20.3 Å². The maximum atomic E-state index is 5.48. The predicted molar refractivity (Wildman–Crippen MR) is 64.9 cm³/mol. The molecule has 2 atom stereocenters. The van der Waals surface area contributed by atoms with Crippen LogP contribution in [0.1, 0.15) is 34.5 Å². The van der Waals surface area contributed by atoms with E-state index in [4.69, 9.17) is 9.72 Å². The van der Waals surface area contributed by atoms with Crippen LogP contribution in [0.3, 0.4) is 0 Å². The first-order valence-electron chi connectivity index (χ1n) is 6.12. The number of hydrogen-bond acceptors (Lipinski definition) is 4. The van der Waals surface area contributed by atoms with Crippen molar-refractivity contribution in [2.45, 2.75) is 31.7 Å². The number of rotatable bonds is 3. The summed E-state index contributed by atoms with van der Waals surface area (Å²) in [4.78, 5) is 6.33. The van der Waals surface area contributed by atoms with Gasteiger partial charge in [0.2, 0.25) is 0 Å². The number of aromatic nitrogens is 1. The lowest BCUT2D eigenvalue weighted by atomic mass is 10.00. The Morgan fingerprint density at radius 2 is 2.44 bits per heavy atom. The summed E-state index contributed by atoms with van der Waals surface area (Å²) in [7, 11) is 2.04. The Labute approximate surface area is 100 Å². The van der Waals surface area contributed by atoms with Crippen LogP contribution in [0.15, 0.2) is 0 Å². The number of fused-ring (bicyclic) bond motifs is 1. The molecule has 1 aromatic rings. The Morgan fingerprint density at radius 3 is 3.12 bits per heavy atom. The van der Waals surface area contributed by atoms with Gasteiger partial charge < -0.3 is 10.1 Å². The standard InChI is InChI=1S/C12H18N2OS/c1-13-11(8-5-6-15-7-8)12-14-9-3-2-4-10(9)16-12/h8,11,13H,2-7H2,1H3. The van der Waals surface area contributed by atoms with E-state index in [9.17, 15) is 0 Å². The molecule has 0 amide bonds. The van der Waals surface area contributed by atoms with Crippen LogP contribution in [0.25, 0.3) is 0 Å². The lowest BCUT2D eigenvalue weighted by molar-refractivity contribution is 0.177. The second kappa shape index (κ2) is 4.43. The Hall–Kier alpha value is -0.450. The Morgan fingerprint density at radius 1 is 1.50 bits per heavy atom. The van der Waals surface area contributed by atoms with E-state index in [-0.39, 0.29) is 0 Å². The Kier molecular flexibility index (Phi) is 2.96. The van der Waals surface area contributed by atoms with Crippen LogP contribution in [0.5, 0.6) is 0 Å². The molecule has 0 spiro atoms. The second-order valence-corrected chi connectivity index (χ2v) is 5.78. The van der Waals surface area contributed by atoms with Gasteiger partial charge in [-0.2, -0.15) is 0 Å². The molecule has 1 fully saturated rings. The van der Waals surface area contributed by atoms with Gasteiger partial charge in [-0.15, -0.1) is 11.3 Å². The summed E-state index contributed by atoms with van der Waals surface area (Å²) in [6.45, 7) is 1.80. The van der Waals surface area contributed by atoms with Crippen LogP contribution in [0, 0.1) is 5.92 Å². The fourth-order valence-electron chi connectivity index (χ4n) is 2.72. The number of nitrogens with one attached hydrogen (secondary N) is 1. The first-order chi connectivity index (χ1) is 7.88. The average molecular weight is 238 g/mol. The van der Waals surface area contributed by atoms with Gasteiger partial charge >= 0.3 is 0 Å². The van der Waals surface area contributed by atoms with Gasteiger partial charge in [-0.1, -0.05) is 0 Å². The smallest absolute Gasteiger partial charge is 0.110 e. The summed E-state index contributed by atoms with van der Waals surface area (Å²) in [5.41, 5.74) is 1.36. The molecular formula is C12H18N2OS. The summed E-state index contributed by atoms with van der Waals surface area (Å²) >= 11 is 1.91. The van der Waals surface area contributed by atoms with Crippen molar-refractivity contribution in [3.05, 3.63) is 15.6 Å². The van der Waals surface area contributed by atoms with Crippen molar-refractivity contribution < 1.29 is 4.74 Å². The van der Waals surface area contributed by atoms with Crippen molar-refractivity contribution in [3.8, 4) is 0 Å². The highest BCUT2D eigenvalue weighted by Gasteiger charge is 2.29. The predicted octanol–water partition coefficient (Wildman–Crippen LogP) is 1.93. The normalized spacial score (nSPS) is 25.9. The fourth-order valence-corrected chi connectivity index (χ4v) is 4.08. The van der Waals surface area contributed by atoms with Crippen molar-refractivity contribution in [3.63, 3.8) is 0 Å². The molecule has 2 aliphatic rings. The minimum absolute atomic E-state index is 0.401. The van der Waals surface area contributed by atoms with E-state index in [2.05, 4.69) is 5.32 Å². The molecule has 2 unspecified atom stereocenters. The monoisotopic (exact) mass is 238 g/mol. The number of aryl methyl sites for hydroxylation is 2. The first-order valence-corrected chi connectivity index (χ1v) is 6.93. The maximum absolute atomic E-state index is 5.48. The zero-order valence-corrected chi connectivity index (χ0v) is 10.5. The molecule has 1 saturated heterocycles. The summed E-state index contributed by atoms with van der Waals surface area (Å²) < 4.78 is 5.48. The molecule has 1 aliphatic heterocycles. The molecule has 0 aromatic carbocycles. The third kappa shape index (κ3) is 1.79. The van der Waals surface area contributed by atoms with E-state index in [1.54, 1.807) is 0 Å². The number of nitrogens with zero attached hydrogens (tertiary/aromatic N) is 1. The molecule has 88 valence electrons. The fraction of sp³-hybridized carbons (Fsp3) is 0.750. The zero-order chi connectivity index (χ0) is 11.0. The lowest BCUT2D eigenvalue weighted by Crippen LogP contribution is -2.25. The highest BCUT2D eigenvalue weighted by atomic mass is 32.1. The van der Waals surface area contributed by atoms with E-state index >= 15 is 0 Å². The maximum Gasteiger partial charge on any atom is 0.110 e. The SMILES string of the molecule is CNC(c1nc2c(s1)CCC2)C1CCOC1. The van der Waals surface area contributed by atoms with Crippen LogP contribution >= 0.6 is 11.3 Å². The van der Waals surface area contributed by atoms with Gasteiger partial charge in [0.25, 0.3) is 0 Å². The van der Waals surface area contributed by atoms with Gasteiger partial charge in [-0.05, 0) is 32.7 Å². The Bertz CT molecular complexity index is 350. The largest absolute Gasteiger partial charge is 0.381 e. The van der Waals surface area contributed by atoms with Crippen LogP contribution in [0.4, 0.5) is 0 Å². The molecular weight excluding hydrogens is 220 g/mol. The van der Waals surface area contributed by atoms with Gasteiger partial charge in [0, 0.05) is 17.4 Å². The summed E-state index contributed by atoms with van der Waals surface area (Å²) in [6, 6.07) is 0.401. The molecule has 2 heterocycles. The summed E-state index contributed by atoms with van der Waals surface area (Å²) in [5.74, 6) is 0.608. The number of ether oxygens (including phenoxy) is 1. The van der Waals surface area contributed by atoms with Crippen molar-refractivity contribution in [1.82, 2.24) is 10.3 Å². The molecule has 16 heavy (non-hydrogen) atoms. The first kappa shape index (κ1) is 10.7. The van der Waals surface area contributed by atoms with E-state index in [0.29, 0.717) is 12.0 Å². The highest BCUT2D eigenvalue weighted by molar-refractivity contribution is 7.11. The summed E-state index contributed by atoms with van der Waals surface area (Å²) in [6.07, 6.45) is 4.88. The Balaban J connectivity index is 1.82. The van der Waals surface area contributed by atoms with Crippen molar-refractivity contribution in [1.29, 1.82) is 0 Å². The van der Waals surface area contributed by atoms with E-state index in [0.717, 1.165) is 19.6 Å². The molecule has 4 heteroatoms. The van der Waals surface area contributed by atoms with Crippen molar-refractivity contribution in [2.24, 2.45) is 5.92 Å². The van der Waals surface area contributed by atoms with Gasteiger partial charge in [0.1, 0.15) is 5.01 Å². The van der Waals surface area contributed by atoms with Gasteiger partial charge in [-0.25, -0.2) is 4.98 Å². The third-order valence-corrected chi connectivity index (χ3v) is 4.87. The molecule has 3 rings (SSSR count). The minimum atomic E-state index is 0.401. The number of thiazole rings is 1. The van der Waals surface area contributed by atoms with Crippen LogP contribution in [0.2, 0.25) is 0 Å². The molecule has 1 aliphatic carbocycles. The number of hydrogen-bond donors (Lipinski definition) is 1. The minimum Gasteiger partial charge on any atom is -0.381 e. The van der Waals surface area contributed by atoms with E-state index < -0.39 is 0 Å². The van der Waals surface area contributed by atoms with Crippen LogP contribution in [-0.2, 0) is 17.6 Å². The highest BCUT2D eigenvalue weighted by Crippen LogP contribution is 2.35. The van der Waals surface area contributed by atoms with Crippen LogP contribution in [-0.4, -0.2) is 25.2 Å². The summed E-state index contributed by atoms with van der Waals surface area (Å²) in [5, 5.41) is 4.70. The molecule has 1 aromatic heterocycles. The van der Waals surface area contributed by atoms with Gasteiger partial charge in [0.05, 0.1) is 18.3 Å². The molecule has 0 saturated carbocycles. The molecule has 0 radical (unpaired) electrons. The van der Waals surface area contributed by atoms with Gasteiger partial charge in [0.15, 0.2) is 0 Å². The van der Waals surface area contributed by atoms with Crippen molar-refractivity contribution >= 4 is 11.3 Å². The van der Waals surface area contributed by atoms with E-state index in [1.165, 1.54) is 34.8 Å². The topological polar surface area (TPSA) is 34.2 Å². The molecule has 0 bridgehead atoms. The average Bonchev–Trinajstić information content (AvgIpc) is 2.91. The van der Waals surface area contributed by atoms with E-state index in [1.807, 2.05) is 18.4 Å². The van der Waals surface area contributed by atoms with Gasteiger partial charge in [-0.3, -0.25) is 0 Å². The zero-order valence-electron chi connectivity index (χ0n) is 9.66. The second-order valence-electron chi connectivity index (χ2n) is 4.67. The molecule has 1 N–H and O–H groups in total.